The Bertz CT molecular complexity index is 730. The number of hydrogen-bond acceptors (Lipinski definition) is 2. The number of carboxylic acid groups (broad SMARTS) is 1. The number of aliphatic carboxylic acids is 1. The molecule has 4 nitrogen and oxygen atoms in total. The summed E-state index contributed by atoms with van der Waals surface area (Å²) in [5.41, 5.74) is 1.93. The largest absolute Gasteiger partial charge is 0.481 e. The predicted octanol–water partition coefficient (Wildman–Crippen LogP) is 3.77. The molecule has 1 amide bonds. The van der Waals surface area contributed by atoms with Gasteiger partial charge in [-0.2, -0.15) is 0 Å². The minimum absolute atomic E-state index is 0.189. The normalized spacial score (nSPS) is 20.7. The molecule has 2 aromatic carbocycles. The van der Waals surface area contributed by atoms with Crippen molar-refractivity contribution in [2.24, 2.45) is 11.8 Å². The molecule has 2 aromatic rings. The summed E-state index contributed by atoms with van der Waals surface area (Å²) >= 11 is 3.42. The zero-order chi connectivity index (χ0) is 17.1. The Morgan fingerprint density at radius 1 is 0.958 bits per heavy atom. The highest BCUT2D eigenvalue weighted by molar-refractivity contribution is 9.10. The molecule has 24 heavy (non-hydrogen) atoms. The first-order chi connectivity index (χ1) is 11.6. The SMILES string of the molecule is O=C(O)C1CCC1C(=O)NC(c1ccccc1)c1ccc(Br)cc1. The van der Waals surface area contributed by atoms with Gasteiger partial charge in [-0.1, -0.05) is 58.4 Å². The first-order valence-electron chi connectivity index (χ1n) is 7.90. The van der Waals surface area contributed by atoms with E-state index in [1.165, 1.54) is 0 Å². The molecule has 1 saturated carbocycles. The van der Waals surface area contributed by atoms with Gasteiger partial charge in [0.1, 0.15) is 0 Å². The number of carbonyl (C=O) groups excluding carboxylic acids is 1. The van der Waals surface area contributed by atoms with E-state index in [0.29, 0.717) is 12.8 Å². The van der Waals surface area contributed by atoms with E-state index in [9.17, 15) is 9.59 Å². The van der Waals surface area contributed by atoms with Crippen molar-refractivity contribution in [2.45, 2.75) is 18.9 Å². The molecule has 0 saturated heterocycles. The second-order valence-corrected chi connectivity index (χ2v) is 6.95. The lowest BCUT2D eigenvalue weighted by Gasteiger charge is -2.33. The smallest absolute Gasteiger partial charge is 0.307 e. The summed E-state index contributed by atoms with van der Waals surface area (Å²) in [6.45, 7) is 0. The maximum atomic E-state index is 12.6. The van der Waals surface area contributed by atoms with Crippen molar-refractivity contribution >= 4 is 27.8 Å². The van der Waals surface area contributed by atoms with Gasteiger partial charge in [-0.15, -0.1) is 0 Å². The fourth-order valence-corrected chi connectivity index (χ4v) is 3.28. The zero-order valence-electron chi connectivity index (χ0n) is 13.0. The van der Waals surface area contributed by atoms with Crippen LogP contribution in [0.5, 0.6) is 0 Å². The van der Waals surface area contributed by atoms with Gasteiger partial charge < -0.3 is 10.4 Å². The Balaban J connectivity index is 1.84. The summed E-state index contributed by atoms with van der Waals surface area (Å²) in [5.74, 6) is -2.08. The van der Waals surface area contributed by atoms with Crippen LogP contribution in [-0.2, 0) is 9.59 Å². The van der Waals surface area contributed by atoms with E-state index in [1.54, 1.807) is 0 Å². The predicted molar refractivity (Wildman–Crippen MR) is 94.4 cm³/mol. The molecule has 2 N–H and O–H groups in total. The summed E-state index contributed by atoms with van der Waals surface area (Å²) in [7, 11) is 0. The van der Waals surface area contributed by atoms with Crippen molar-refractivity contribution < 1.29 is 14.7 Å². The summed E-state index contributed by atoms with van der Waals surface area (Å²) < 4.78 is 0.967. The number of benzene rings is 2. The van der Waals surface area contributed by atoms with E-state index in [2.05, 4.69) is 21.2 Å². The molecule has 0 aliphatic heterocycles. The molecule has 1 aliphatic carbocycles. The number of hydrogen-bond donors (Lipinski definition) is 2. The van der Waals surface area contributed by atoms with Gasteiger partial charge in [-0.25, -0.2) is 0 Å². The summed E-state index contributed by atoms with van der Waals surface area (Å²) in [4.78, 5) is 23.8. The molecular formula is C19H18BrNO3. The minimum atomic E-state index is -0.888. The highest BCUT2D eigenvalue weighted by Crippen LogP contribution is 2.35. The lowest BCUT2D eigenvalue weighted by Crippen LogP contribution is -2.45. The van der Waals surface area contributed by atoms with Crippen molar-refractivity contribution in [1.29, 1.82) is 0 Å². The van der Waals surface area contributed by atoms with Gasteiger partial charge >= 0.3 is 5.97 Å². The second-order valence-electron chi connectivity index (χ2n) is 6.03. The lowest BCUT2D eigenvalue weighted by molar-refractivity contribution is -0.152. The fraction of sp³-hybridized carbons (Fsp3) is 0.263. The van der Waals surface area contributed by atoms with E-state index in [-0.39, 0.29) is 11.9 Å². The molecule has 0 aromatic heterocycles. The van der Waals surface area contributed by atoms with E-state index in [0.717, 1.165) is 15.6 Å². The van der Waals surface area contributed by atoms with Gasteiger partial charge in [-0.05, 0) is 36.1 Å². The average molecular weight is 388 g/mol. The van der Waals surface area contributed by atoms with E-state index in [1.807, 2.05) is 54.6 Å². The average Bonchev–Trinajstić information content (AvgIpc) is 2.53. The van der Waals surface area contributed by atoms with E-state index < -0.39 is 17.8 Å². The number of amides is 1. The third-order valence-corrected chi connectivity index (χ3v) is 5.08. The molecule has 1 fully saturated rings. The highest BCUT2D eigenvalue weighted by atomic mass is 79.9. The number of nitrogens with one attached hydrogen (secondary N) is 1. The van der Waals surface area contributed by atoms with Crippen LogP contribution in [-0.4, -0.2) is 17.0 Å². The first kappa shape index (κ1) is 16.7. The molecule has 5 heteroatoms. The summed E-state index contributed by atoms with van der Waals surface area (Å²) in [6.07, 6.45) is 1.20. The van der Waals surface area contributed by atoms with Gasteiger partial charge in [0.15, 0.2) is 0 Å². The van der Waals surface area contributed by atoms with E-state index >= 15 is 0 Å². The Morgan fingerprint density at radius 3 is 2.08 bits per heavy atom. The van der Waals surface area contributed by atoms with E-state index in [4.69, 9.17) is 5.11 Å². The Labute approximate surface area is 149 Å². The lowest BCUT2D eigenvalue weighted by atomic mass is 9.73. The maximum Gasteiger partial charge on any atom is 0.307 e. The third kappa shape index (κ3) is 3.51. The molecule has 0 spiro atoms. The van der Waals surface area contributed by atoms with Crippen LogP contribution in [0.2, 0.25) is 0 Å². The number of carboxylic acids is 1. The van der Waals surface area contributed by atoms with Crippen LogP contribution in [0.25, 0.3) is 0 Å². The maximum absolute atomic E-state index is 12.6. The van der Waals surface area contributed by atoms with Crippen molar-refractivity contribution in [1.82, 2.24) is 5.32 Å². The van der Waals surface area contributed by atoms with Crippen LogP contribution in [0.3, 0.4) is 0 Å². The quantitative estimate of drug-likeness (QED) is 0.820. The zero-order valence-corrected chi connectivity index (χ0v) is 14.6. The van der Waals surface area contributed by atoms with Gasteiger partial charge in [0.05, 0.1) is 17.9 Å². The monoisotopic (exact) mass is 387 g/mol. The van der Waals surface area contributed by atoms with Crippen LogP contribution in [0.1, 0.15) is 30.0 Å². The fourth-order valence-electron chi connectivity index (χ4n) is 3.02. The van der Waals surface area contributed by atoms with Crippen LogP contribution >= 0.6 is 15.9 Å². The molecule has 0 radical (unpaired) electrons. The van der Waals surface area contributed by atoms with Gasteiger partial charge in [0, 0.05) is 4.47 Å². The molecule has 3 rings (SSSR count). The van der Waals surface area contributed by atoms with Crippen LogP contribution < -0.4 is 5.32 Å². The number of carbonyl (C=O) groups is 2. The third-order valence-electron chi connectivity index (χ3n) is 4.55. The molecule has 0 bridgehead atoms. The summed E-state index contributed by atoms with van der Waals surface area (Å²) in [5, 5.41) is 12.2. The number of rotatable bonds is 5. The Hall–Kier alpha value is -2.14. The topological polar surface area (TPSA) is 66.4 Å². The van der Waals surface area contributed by atoms with Crippen LogP contribution in [0.4, 0.5) is 0 Å². The molecule has 3 atom stereocenters. The van der Waals surface area contributed by atoms with Crippen LogP contribution in [0, 0.1) is 11.8 Å². The second kappa shape index (κ2) is 7.18. The Kier molecular flexibility index (Phi) is 5.00. The number of halogens is 1. The molecule has 3 unspecified atom stereocenters. The van der Waals surface area contributed by atoms with Crippen molar-refractivity contribution in [3.8, 4) is 0 Å². The van der Waals surface area contributed by atoms with Crippen molar-refractivity contribution in [3.05, 3.63) is 70.2 Å². The Morgan fingerprint density at radius 2 is 1.54 bits per heavy atom. The molecular weight excluding hydrogens is 370 g/mol. The molecule has 124 valence electrons. The van der Waals surface area contributed by atoms with Gasteiger partial charge in [0.2, 0.25) is 5.91 Å². The molecule has 0 heterocycles. The van der Waals surface area contributed by atoms with Crippen LogP contribution in [0.15, 0.2) is 59.1 Å². The van der Waals surface area contributed by atoms with Gasteiger partial charge in [-0.3, -0.25) is 9.59 Å². The standard InChI is InChI=1S/C19H18BrNO3/c20-14-8-6-13(7-9-14)17(12-4-2-1-3-5-12)21-18(22)15-10-11-16(15)19(23)24/h1-9,15-17H,10-11H2,(H,21,22)(H,23,24). The first-order valence-corrected chi connectivity index (χ1v) is 8.69. The molecule has 1 aliphatic rings. The highest BCUT2D eigenvalue weighted by Gasteiger charge is 2.42. The van der Waals surface area contributed by atoms with Gasteiger partial charge in [0.25, 0.3) is 0 Å². The van der Waals surface area contributed by atoms with Crippen molar-refractivity contribution in [2.75, 3.05) is 0 Å². The minimum Gasteiger partial charge on any atom is -0.481 e. The summed E-state index contributed by atoms with van der Waals surface area (Å²) in [6, 6.07) is 17.2. The van der Waals surface area contributed by atoms with Crippen molar-refractivity contribution in [3.63, 3.8) is 0 Å².